The molecule has 0 aromatic carbocycles. The minimum absolute atomic E-state index is 0.0104. The fraction of sp³-hybridized carbons (Fsp3) is 0.911. The van der Waals surface area contributed by atoms with Gasteiger partial charge >= 0.3 is 0 Å². The second kappa shape index (κ2) is 51.5. The number of hydrogen-bond acceptors (Lipinski definition) is 4. The third kappa shape index (κ3) is 48.1. The molecule has 0 aromatic rings. The largest absolute Gasteiger partial charge is 0.394 e. The van der Waals surface area contributed by atoms with Gasteiger partial charge in [-0.15, -0.1) is 0 Å². The minimum atomic E-state index is -0.950. The van der Waals surface area contributed by atoms with Crippen LogP contribution in [0.1, 0.15) is 303 Å². The molecule has 362 valence electrons. The van der Waals surface area contributed by atoms with Gasteiger partial charge in [0.05, 0.1) is 31.3 Å². The SMILES string of the molecule is CCCCCCCCCCCCCCCCCCCC/C=C/CC/C=C/C(O)C(CO)NC(=O)CC(O)CCCCCCCCCCCCCCCCCCCCCCCC. The van der Waals surface area contributed by atoms with Crippen molar-refractivity contribution in [1.29, 1.82) is 0 Å². The fourth-order valence-electron chi connectivity index (χ4n) is 8.77. The van der Waals surface area contributed by atoms with Gasteiger partial charge in [-0.2, -0.15) is 0 Å². The smallest absolute Gasteiger partial charge is 0.222 e. The summed E-state index contributed by atoms with van der Waals surface area (Å²) in [4.78, 5) is 12.5. The maximum atomic E-state index is 12.5. The van der Waals surface area contributed by atoms with E-state index >= 15 is 0 Å². The zero-order chi connectivity index (χ0) is 44.4. The van der Waals surface area contributed by atoms with Gasteiger partial charge in [-0.1, -0.05) is 289 Å². The summed E-state index contributed by atoms with van der Waals surface area (Å²) < 4.78 is 0. The van der Waals surface area contributed by atoms with Crippen LogP contribution < -0.4 is 5.32 Å². The number of amides is 1. The molecule has 0 aliphatic carbocycles. The summed E-state index contributed by atoms with van der Waals surface area (Å²) in [5, 5.41) is 33.4. The molecule has 3 atom stereocenters. The molecule has 1 amide bonds. The maximum absolute atomic E-state index is 12.5. The van der Waals surface area contributed by atoms with Gasteiger partial charge in [0.2, 0.25) is 5.91 Å². The van der Waals surface area contributed by atoms with Crippen LogP contribution in [0.5, 0.6) is 0 Å². The maximum Gasteiger partial charge on any atom is 0.222 e. The molecule has 0 rings (SSSR count). The number of rotatable bonds is 51. The quantitative estimate of drug-likeness (QED) is 0.0362. The number of unbranched alkanes of at least 4 members (excludes halogenated alkanes) is 40. The Balaban J connectivity index is 3.59. The average molecular weight is 860 g/mol. The lowest BCUT2D eigenvalue weighted by Crippen LogP contribution is -2.45. The molecule has 0 aliphatic heterocycles. The van der Waals surface area contributed by atoms with Crippen LogP contribution in [0.25, 0.3) is 0 Å². The first-order chi connectivity index (χ1) is 30.0. The molecule has 0 saturated heterocycles. The fourth-order valence-corrected chi connectivity index (χ4v) is 8.77. The molecule has 4 N–H and O–H groups in total. The summed E-state index contributed by atoms with van der Waals surface area (Å²) in [6, 6.07) is -0.759. The van der Waals surface area contributed by atoms with E-state index in [9.17, 15) is 20.1 Å². The van der Waals surface area contributed by atoms with Crippen LogP contribution in [0.2, 0.25) is 0 Å². The van der Waals surface area contributed by atoms with Crippen LogP contribution >= 0.6 is 0 Å². The normalized spacial score (nSPS) is 13.5. The Morgan fingerprint density at radius 2 is 0.705 bits per heavy atom. The van der Waals surface area contributed by atoms with E-state index in [1.54, 1.807) is 6.08 Å². The molecule has 0 fully saturated rings. The minimum Gasteiger partial charge on any atom is -0.394 e. The van der Waals surface area contributed by atoms with E-state index in [0.717, 1.165) is 32.1 Å². The first-order valence-electron chi connectivity index (χ1n) is 27.6. The summed E-state index contributed by atoms with van der Waals surface area (Å²) in [5.41, 5.74) is 0. The van der Waals surface area contributed by atoms with Crippen molar-refractivity contribution in [3.05, 3.63) is 24.3 Å². The van der Waals surface area contributed by atoms with Crippen molar-refractivity contribution < 1.29 is 20.1 Å². The number of carbonyl (C=O) groups excluding carboxylic acids is 1. The highest BCUT2D eigenvalue weighted by atomic mass is 16.3. The molecule has 0 aromatic heterocycles. The van der Waals surface area contributed by atoms with Gasteiger partial charge in [-0.3, -0.25) is 4.79 Å². The highest BCUT2D eigenvalue weighted by Gasteiger charge is 2.20. The number of hydrogen-bond donors (Lipinski definition) is 4. The van der Waals surface area contributed by atoms with Crippen molar-refractivity contribution >= 4 is 5.91 Å². The highest BCUT2D eigenvalue weighted by molar-refractivity contribution is 5.76. The molecular weight excluding hydrogens is 751 g/mol. The number of allylic oxidation sites excluding steroid dienone is 3. The monoisotopic (exact) mass is 860 g/mol. The van der Waals surface area contributed by atoms with Crippen LogP contribution in [-0.4, -0.2) is 46.1 Å². The standard InChI is InChI=1S/C56H109NO4/c1-3-5-7-9-11-13-15-17-19-21-23-25-27-28-30-32-34-36-38-40-42-44-46-48-50-55(60)54(52-58)57-56(61)51-53(59)49-47-45-43-41-39-37-35-33-31-29-26-24-22-20-18-16-14-12-10-8-6-4-2/h40,42,48,50,53-55,58-60H,3-39,41,43-47,49,51-52H2,1-2H3,(H,57,61)/b42-40+,50-48+. The Morgan fingerprint density at radius 1 is 0.410 bits per heavy atom. The predicted octanol–water partition coefficient (Wildman–Crippen LogP) is 16.9. The first-order valence-corrected chi connectivity index (χ1v) is 27.6. The van der Waals surface area contributed by atoms with Gasteiger partial charge in [-0.25, -0.2) is 0 Å². The Morgan fingerprint density at radius 3 is 1.05 bits per heavy atom. The summed E-state index contributed by atoms with van der Waals surface area (Å²) in [6.45, 7) is 4.24. The van der Waals surface area contributed by atoms with Crippen LogP contribution in [-0.2, 0) is 4.79 Å². The van der Waals surface area contributed by atoms with Gasteiger partial charge in [0.1, 0.15) is 0 Å². The van der Waals surface area contributed by atoms with Crippen molar-refractivity contribution in [2.75, 3.05) is 6.61 Å². The molecule has 0 heterocycles. The molecule has 0 spiro atoms. The van der Waals surface area contributed by atoms with Crippen LogP contribution in [0, 0.1) is 0 Å². The molecular formula is C56H109NO4. The van der Waals surface area contributed by atoms with Crippen LogP contribution in [0.4, 0.5) is 0 Å². The Kier molecular flexibility index (Phi) is 50.5. The molecule has 0 saturated carbocycles. The number of aliphatic hydroxyl groups is 3. The zero-order valence-electron chi connectivity index (χ0n) is 41.3. The summed E-state index contributed by atoms with van der Waals surface area (Å²) in [5.74, 6) is -0.319. The third-order valence-corrected chi connectivity index (χ3v) is 13.0. The molecule has 0 radical (unpaired) electrons. The van der Waals surface area contributed by atoms with Gasteiger partial charge in [-0.05, 0) is 32.1 Å². The lowest BCUT2D eigenvalue weighted by molar-refractivity contribution is -0.124. The van der Waals surface area contributed by atoms with Gasteiger partial charge in [0.25, 0.3) is 0 Å². The highest BCUT2D eigenvalue weighted by Crippen LogP contribution is 2.18. The first kappa shape index (κ1) is 59.8. The van der Waals surface area contributed by atoms with Crippen molar-refractivity contribution in [1.82, 2.24) is 5.32 Å². The van der Waals surface area contributed by atoms with Crippen molar-refractivity contribution in [3.63, 3.8) is 0 Å². The summed E-state index contributed by atoms with van der Waals surface area (Å²) in [6.07, 6.45) is 65.1. The van der Waals surface area contributed by atoms with Crippen LogP contribution in [0.15, 0.2) is 24.3 Å². The third-order valence-electron chi connectivity index (χ3n) is 13.0. The molecule has 3 unspecified atom stereocenters. The number of carbonyl (C=O) groups is 1. The van der Waals surface area contributed by atoms with E-state index in [0.29, 0.717) is 6.42 Å². The van der Waals surface area contributed by atoms with Gasteiger partial charge in [0.15, 0.2) is 0 Å². The van der Waals surface area contributed by atoms with E-state index in [4.69, 9.17) is 0 Å². The van der Waals surface area contributed by atoms with E-state index in [2.05, 4.69) is 31.3 Å². The molecule has 0 aliphatic rings. The average Bonchev–Trinajstić information content (AvgIpc) is 3.25. The van der Waals surface area contributed by atoms with Crippen molar-refractivity contribution in [2.24, 2.45) is 0 Å². The van der Waals surface area contributed by atoms with Gasteiger partial charge in [0, 0.05) is 0 Å². The predicted molar refractivity (Wildman–Crippen MR) is 268 cm³/mol. The number of aliphatic hydroxyl groups excluding tert-OH is 3. The Labute approximate surface area is 382 Å². The van der Waals surface area contributed by atoms with Gasteiger partial charge < -0.3 is 20.6 Å². The van der Waals surface area contributed by atoms with E-state index < -0.39 is 18.2 Å². The number of nitrogens with one attached hydrogen (secondary N) is 1. The van der Waals surface area contributed by atoms with Crippen molar-refractivity contribution in [3.8, 4) is 0 Å². The summed E-state index contributed by atoms with van der Waals surface area (Å²) >= 11 is 0. The van der Waals surface area contributed by atoms with E-state index in [1.807, 2.05) is 6.08 Å². The lowest BCUT2D eigenvalue weighted by atomic mass is 10.0. The lowest BCUT2D eigenvalue weighted by Gasteiger charge is -2.21. The molecule has 0 bridgehead atoms. The topological polar surface area (TPSA) is 89.8 Å². The molecule has 5 heteroatoms. The molecule has 5 nitrogen and oxygen atoms in total. The zero-order valence-corrected chi connectivity index (χ0v) is 41.3. The second-order valence-electron chi connectivity index (χ2n) is 19.2. The van der Waals surface area contributed by atoms with Crippen molar-refractivity contribution in [2.45, 2.75) is 321 Å². The second-order valence-corrected chi connectivity index (χ2v) is 19.2. The molecule has 61 heavy (non-hydrogen) atoms. The van der Waals surface area contributed by atoms with E-state index in [-0.39, 0.29) is 18.9 Å². The van der Waals surface area contributed by atoms with Crippen LogP contribution in [0.3, 0.4) is 0 Å². The van der Waals surface area contributed by atoms with E-state index in [1.165, 1.54) is 244 Å². The Hall–Kier alpha value is -1.17. The summed E-state index contributed by atoms with van der Waals surface area (Å²) in [7, 11) is 0. The Bertz CT molecular complexity index is 905.